The number of aromatic nitrogens is 4. The Morgan fingerprint density at radius 3 is 2.82 bits per heavy atom. The maximum absolute atomic E-state index is 12.8. The number of rotatable bonds is 7. The topological polar surface area (TPSA) is 115 Å². The number of aryl methyl sites for hydroxylation is 3. The van der Waals surface area contributed by atoms with E-state index in [9.17, 15) is 14.7 Å². The molecule has 5 rings (SSSR count). The molecular weight excluding hydrogens is 436 g/mol. The fourth-order valence-corrected chi connectivity index (χ4v) is 4.86. The lowest BCUT2D eigenvalue weighted by Crippen LogP contribution is -2.48. The van der Waals surface area contributed by atoms with Crippen LogP contribution in [-0.4, -0.2) is 62.2 Å². The minimum absolute atomic E-state index is 0.112. The van der Waals surface area contributed by atoms with Crippen molar-refractivity contribution in [2.24, 2.45) is 0 Å². The lowest BCUT2D eigenvalue weighted by atomic mass is 9.80. The molecule has 0 spiro atoms. The van der Waals surface area contributed by atoms with Gasteiger partial charge in [-0.05, 0) is 50.3 Å². The number of hydrogen-bond acceptors (Lipinski definition) is 6. The smallest absolute Gasteiger partial charge is 0.414 e. The van der Waals surface area contributed by atoms with Crippen LogP contribution >= 0.6 is 0 Å². The van der Waals surface area contributed by atoms with Crippen LogP contribution < -0.4 is 10.2 Å². The van der Waals surface area contributed by atoms with Gasteiger partial charge >= 0.3 is 6.09 Å². The summed E-state index contributed by atoms with van der Waals surface area (Å²) < 4.78 is 8.75. The standard InChI is InChI=1S/C24H30N6O4/c1-34-23(32)29-13-2-5-17-18(29)6-7-19-22(17)27-20(8-14-28-12-4-11-26-28)30(19)15-21(31)25-16-24(33)9-3-10-24/h4,6-7,11-12,33H,2-3,5,8-10,13-16H2,1H3,(H,25,31). The van der Waals surface area contributed by atoms with Gasteiger partial charge in [0.1, 0.15) is 12.4 Å². The third-order valence-corrected chi connectivity index (χ3v) is 6.90. The normalized spacial score (nSPS) is 16.7. The van der Waals surface area contributed by atoms with Gasteiger partial charge in [-0.3, -0.25) is 14.4 Å². The predicted octanol–water partition coefficient (Wildman–Crippen LogP) is 2.03. The molecule has 2 N–H and O–H groups in total. The van der Waals surface area contributed by atoms with Gasteiger partial charge in [0.15, 0.2) is 0 Å². The van der Waals surface area contributed by atoms with Crippen molar-refractivity contribution < 1.29 is 19.4 Å². The number of imidazole rings is 1. The number of carbonyl (C=O) groups excluding carboxylic acids is 2. The van der Waals surface area contributed by atoms with E-state index in [0.717, 1.165) is 60.2 Å². The van der Waals surface area contributed by atoms with Gasteiger partial charge < -0.3 is 19.7 Å². The van der Waals surface area contributed by atoms with Crippen LogP contribution in [0.3, 0.4) is 0 Å². The summed E-state index contributed by atoms with van der Waals surface area (Å²) in [4.78, 5) is 31.7. The van der Waals surface area contributed by atoms with E-state index >= 15 is 0 Å². The third-order valence-electron chi connectivity index (χ3n) is 6.90. The first-order valence-corrected chi connectivity index (χ1v) is 11.8. The van der Waals surface area contributed by atoms with Gasteiger partial charge in [-0.15, -0.1) is 0 Å². The molecule has 0 atom stereocenters. The van der Waals surface area contributed by atoms with Crippen LogP contribution in [0.25, 0.3) is 11.0 Å². The lowest BCUT2D eigenvalue weighted by molar-refractivity contribution is -0.124. The highest BCUT2D eigenvalue weighted by molar-refractivity contribution is 5.95. The molecule has 1 aromatic carbocycles. The Kier molecular flexibility index (Phi) is 5.99. The molecule has 10 nitrogen and oxygen atoms in total. The van der Waals surface area contributed by atoms with E-state index in [0.29, 0.717) is 19.5 Å². The number of benzene rings is 1. The highest BCUT2D eigenvalue weighted by atomic mass is 16.5. The second kappa shape index (κ2) is 9.09. The Morgan fingerprint density at radius 2 is 2.12 bits per heavy atom. The first-order chi connectivity index (χ1) is 16.5. The molecule has 34 heavy (non-hydrogen) atoms. The minimum atomic E-state index is -0.772. The van der Waals surface area contributed by atoms with Crippen molar-refractivity contribution in [1.29, 1.82) is 0 Å². The summed E-state index contributed by atoms with van der Waals surface area (Å²) in [5.74, 6) is 0.625. The quantitative estimate of drug-likeness (QED) is 0.551. The zero-order chi connectivity index (χ0) is 23.7. The first-order valence-electron chi connectivity index (χ1n) is 11.8. The molecule has 0 radical (unpaired) electrons. The van der Waals surface area contributed by atoms with Crippen molar-refractivity contribution in [2.45, 2.75) is 57.2 Å². The van der Waals surface area contributed by atoms with Crippen LogP contribution in [0.15, 0.2) is 30.6 Å². The number of amides is 2. The van der Waals surface area contributed by atoms with Crippen molar-refractivity contribution in [3.8, 4) is 0 Å². The molecule has 0 saturated heterocycles. The third kappa shape index (κ3) is 4.25. The molecule has 180 valence electrons. The summed E-state index contributed by atoms with van der Waals surface area (Å²) in [5.41, 5.74) is 2.71. The lowest BCUT2D eigenvalue weighted by Gasteiger charge is -2.36. The summed E-state index contributed by atoms with van der Waals surface area (Å²) in [6.07, 6.45) is 7.90. The average molecular weight is 467 g/mol. The largest absolute Gasteiger partial charge is 0.452 e. The van der Waals surface area contributed by atoms with Crippen LogP contribution in [0, 0.1) is 0 Å². The van der Waals surface area contributed by atoms with Gasteiger partial charge in [0.05, 0.1) is 29.4 Å². The van der Waals surface area contributed by atoms with E-state index in [1.165, 1.54) is 7.11 Å². The molecule has 2 aliphatic rings. The summed E-state index contributed by atoms with van der Waals surface area (Å²) in [7, 11) is 1.38. The number of anilines is 1. The summed E-state index contributed by atoms with van der Waals surface area (Å²) in [6, 6.07) is 5.71. The van der Waals surface area contributed by atoms with Gasteiger partial charge in [-0.1, -0.05) is 0 Å². The molecule has 10 heteroatoms. The number of ether oxygens (including phenoxy) is 1. The van der Waals surface area contributed by atoms with E-state index in [2.05, 4.69) is 10.4 Å². The average Bonchev–Trinajstić information content (AvgIpc) is 3.47. The fourth-order valence-electron chi connectivity index (χ4n) is 4.86. The molecule has 2 aromatic heterocycles. The maximum Gasteiger partial charge on any atom is 0.414 e. The monoisotopic (exact) mass is 466 g/mol. The fraction of sp³-hybridized carbons (Fsp3) is 0.500. The number of aliphatic hydroxyl groups is 1. The number of hydrogen-bond donors (Lipinski definition) is 2. The van der Waals surface area contributed by atoms with E-state index in [1.807, 2.05) is 33.6 Å². The number of fused-ring (bicyclic) bond motifs is 3. The summed E-state index contributed by atoms with van der Waals surface area (Å²) >= 11 is 0. The summed E-state index contributed by atoms with van der Waals surface area (Å²) in [5, 5.41) is 17.5. The van der Waals surface area contributed by atoms with Gasteiger partial charge in [0.2, 0.25) is 5.91 Å². The molecule has 3 heterocycles. The van der Waals surface area contributed by atoms with Gasteiger partial charge in [0, 0.05) is 44.0 Å². The Balaban J connectivity index is 1.47. The molecule has 3 aromatic rings. The maximum atomic E-state index is 12.8. The molecule has 2 amide bonds. The highest BCUT2D eigenvalue weighted by Crippen LogP contribution is 2.34. The molecular formula is C24H30N6O4. The Morgan fingerprint density at radius 1 is 1.26 bits per heavy atom. The molecule has 1 fully saturated rings. The van der Waals surface area contributed by atoms with Crippen molar-refractivity contribution in [1.82, 2.24) is 24.6 Å². The SMILES string of the molecule is COC(=O)N1CCCc2c1ccc1c2nc(CCn2cccn2)n1CC(=O)NCC1(O)CCC1. The van der Waals surface area contributed by atoms with Crippen molar-refractivity contribution >= 4 is 28.7 Å². The second-order valence-corrected chi connectivity index (χ2v) is 9.14. The predicted molar refractivity (Wildman–Crippen MR) is 126 cm³/mol. The van der Waals surface area contributed by atoms with Crippen molar-refractivity contribution in [3.63, 3.8) is 0 Å². The highest BCUT2D eigenvalue weighted by Gasteiger charge is 2.34. The van der Waals surface area contributed by atoms with E-state index in [1.54, 1.807) is 11.1 Å². The zero-order valence-electron chi connectivity index (χ0n) is 19.4. The van der Waals surface area contributed by atoms with E-state index in [4.69, 9.17) is 9.72 Å². The minimum Gasteiger partial charge on any atom is -0.452 e. The van der Waals surface area contributed by atoms with Crippen LogP contribution in [0.1, 0.15) is 37.1 Å². The molecule has 0 unspecified atom stereocenters. The van der Waals surface area contributed by atoms with E-state index in [-0.39, 0.29) is 25.1 Å². The Labute approximate surface area is 197 Å². The molecule has 0 bridgehead atoms. The zero-order valence-corrected chi connectivity index (χ0v) is 19.4. The second-order valence-electron chi connectivity index (χ2n) is 9.14. The van der Waals surface area contributed by atoms with Crippen molar-refractivity contribution in [3.05, 3.63) is 42.0 Å². The Bertz CT molecular complexity index is 1200. The first kappa shape index (κ1) is 22.4. The molecule has 1 aliphatic carbocycles. The molecule has 1 aliphatic heterocycles. The number of nitrogens with zero attached hydrogens (tertiary/aromatic N) is 5. The van der Waals surface area contributed by atoms with Crippen LogP contribution in [0.5, 0.6) is 0 Å². The van der Waals surface area contributed by atoms with Crippen LogP contribution in [0.4, 0.5) is 10.5 Å². The van der Waals surface area contributed by atoms with Gasteiger partial charge in [-0.2, -0.15) is 5.10 Å². The number of nitrogens with one attached hydrogen (secondary N) is 1. The number of carbonyl (C=O) groups is 2. The van der Waals surface area contributed by atoms with E-state index < -0.39 is 5.60 Å². The summed E-state index contributed by atoms with van der Waals surface area (Å²) in [6.45, 7) is 1.61. The van der Waals surface area contributed by atoms with Crippen molar-refractivity contribution in [2.75, 3.05) is 25.1 Å². The molecule has 1 saturated carbocycles. The number of methoxy groups -OCH3 is 1. The Hall–Kier alpha value is -3.40. The van der Waals surface area contributed by atoms with Crippen LogP contribution in [0.2, 0.25) is 0 Å². The van der Waals surface area contributed by atoms with Gasteiger partial charge in [0.25, 0.3) is 0 Å². The van der Waals surface area contributed by atoms with Gasteiger partial charge in [-0.25, -0.2) is 9.78 Å². The van der Waals surface area contributed by atoms with Crippen LogP contribution in [-0.2, 0) is 35.5 Å².